The van der Waals surface area contributed by atoms with Crippen molar-refractivity contribution in [3.63, 3.8) is 0 Å². The molecule has 0 spiro atoms. The van der Waals surface area contributed by atoms with Crippen LogP contribution in [-0.4, -0.2) is 6.04 Å². The molecule has 70 valence electrons. The maximum Gasteiger partial charge on any atom is 0.0465 e. The monoisotopic (exact) mass is 175 g/mol. The fraction of sp³-hybridized carbons (Fsp3) is 0.333. The van der Waals surface area contributed by atoms with Crippen molar-refractivity contribution in [2.45, 2.75) is 26.3 Å². The number of rotatable bonds is 4. The van der Waals surface area contributed by atoms with E-state index in [4.69, 9.17) is 0 Å². The maximum absolute atomic E-state index is 3.96. The van der Waals surface area contributed by atoms with Gasteiger partial charge in [-0.2, -0.15) is 0 Å². The molecular formula is C12H17N. The lowest BCUT2D eigenvalue weighted by atomic mass is 10.1. The van der Waals surface area contributed by atoms with E-state index in [2.05, 4.69) is 37.9 Å². The van der Waals surface area contributed by atoms with Crippen LogP contribution in [0.1, 0.15) is 20.3 Å². The van der Waals surface area contributed by atoms with Crippen molar-refractivity contribution in [3.05, 3.63) is 42.5 Å². The Balaban J connectivity index is 2.62. The molecule has 1 aromatic carbocycles. The SMILES string of the molecule is C=C(C)C(CC)Nc1ccccc1. The molecule has 0 radical (unpaired) electrons. The summed E-state index contributed by atoms with van der Waals surface area (Å²) in [6, 6.07) is 10.6. The zero-order valence-corrected chi connectivity index (χ0v) is 8.38. The first-order chi connectivity index (χ1) is 6.24. The van der Waals surface area contributed by atoms with Crippen LogP contribution in [0, 0.1) is 0 Å². The van der Waals surface area contributed by atoms with Crippen molar-refractivity contribution >= 4 is 5.69 Å². The summed E-state index contributed by atoms with van der Waals surface area (Å²) in [7, 11) is 0. The van der Waals surface area contributed by atoms with Crippen molar-refractivity contribution in [2.24, 2.45) is 0 Å². The standard InChI is InChI=1S/C12H17N/c1-4-12(10(2)3)13-11-8-6-5-7-9-11/h5-9,12-13H,2,4H2,1,3H3. The predicted octanol–water partition coefficient (Wildman–Crippen LogP) is 3.45. The Labute approximate surface area is 80.5 Å². The van der Waals surface area contributed by atoms with Gasteiger partial charge >= 0.3 is 0 Å². The van der Waals surface area contributed by atoms with E-state index in [1.807, 2.05) is 18.2 Å². The first-order valence-corrected chi connectivity index (χ1v) is 4.71. The topological polar surface area (TPSA) is 12.0 Å². The van der Waals surface area contributed by atoms with Gasteiger partial charge in [0, 0.05) is 11.7 Å². The third-order valence-corrected chi connectivity index (χ3v) is 2.12. The molecule has 1 N–H and O–H groups in total. The largest absolute Gasteiger partial charge is 0.379 e. The highest BCUT2D eigenvalue weighted by atomic mass is 14.9. The van der Waals surface area contributed by atoms with Gasteiger partial charge in [-0.15, -0.1) is 0 Å². The van der Waals surface area contributed by atoms with Gasteiger partial charge in [-0.3, -0.25) is 0 Å². The Morgan fingerprint density at radius 2 is 2.00 bits per heavy atom. The number of benzene rings is 1. The van der Waals surface area contributed by atoms with Crippen LogP contribution < -0.4 is 5.32 Å². The Bertz CT molecular complexity index is 264. The number of hydrogen-bond donors (Lipinski definition) is 1. The van der Waals surface area contributed by atoms with Crippen LogP contribution in [-0.2, 0) is 0 Å². The molecule has 1 atom stereocenters. The minimum atomic E-state index is 0.391. The van der Waals surface area contributed by atoms with E-state index >= 15 is 0 Å². The minimum Gasteiger partial charge on any atom is -0.379 e. The molecular weight excluding hydrogens is 158 g/mol. The number of anilines is 1. The minimum absolute atomic E-state index is 0.391. The van der Waals surface area contributed by atoms with E-state index in [0.717, 1.165) is 12.1 Å². The molecule has 0 aliphatic heterocycles. The summed E-state index contributed by atoms with van der Waals surface area (Å²) in [5.74, 6) is 0. The van der Waals surface area contributed by atoms with E-state index in [-0.39, 0.29) is 0 Å². The summed E-state index contributed by atoms with van der Waals surface area (Å²) < 4.78 is 0. The molecule has 13 heavy (non-hydrogen) atoms. The molecule has 0 saturated carbocycles. The van der Waals surface area contributed by atoms with E-state index in [1.165, 1.54) is 5.57 Å². The molecule has 0 aromatic heterocycles. The van der Waals surface area contributed by atoms with Crippen LogP contribution in [0.15, 0.2) is 42.5 Å². The molecule has 1 aromatic rings. The zero-order chi connectivity index (χ0) is 9.68. The quantitative estimate of drug-likeness (QED) is 0.691. The highest BCUT2D eigenvalue weighted by Crippen LogP contribution is 2.12. The van der Waals surface area contributed by atoms with Gasteiger partial charge in [0.05, 0.1) is 0 Å². The lowest BCUT2D eigenvalue weighted by Gasteiger charge is -2.17. The summed E-state index contributed by atoms with van der Waals surface area (Å²) in [6.07, 6.45) is 1.07. The highest BCUT2D eigenvalue weighted by Gasteiger charge is 2.04. The second-order valence-electron chi connectivity index (χ2n) is 3.32. The number of nitrogens with one attached hydrogen (secondary N) is 1. The van der Waals surface area contributed by atoms with Crippen molar-refractivity contribution in [1.29, 1.82) is 0 Å². The molecule has 0 aliphatic carbocycles. The molecule has 0 heterocycles. The van der Waals surface area contributed by atoms with Gasteiger partial charge in [0.1, 0.15) is 0 Å². The van der Waals surface area contributed by atoms with Crippen molar-refractivity contribution in [3.8, 4) is 0 Å². The molecule has 0 saturated heterocycles. The Kier molecular flexibility index (Phi) is 3.56. The van der Waals surface area contributed by atoms with Gasteiger partial charge in [-0.1, -0.05) is 37.3 Å². The normalized spacial score (nSPS) is 12.2. The summed E-state index contributed by atoms with van der Waals surface area (Å²) in [5.41, 5.74) is 2.35. The molecule has 1 unspecified atom stereocenters. The summed E-state index contributed by atoms with van der Waals surface area (Å²) in [5, 5.41) is 3.43. The van der Waals surface area contributed by atoms with Crippen molar-refractivity contribution < 1.29 is 0 Å². The molecule has 0 bridgehead atoms. The van der Waals surface area contributed by atoms with Crippen LogP contribution in [0.2, 0.25) is 0 Å². The predicted molar refractivity (Wildman–Crippen MR) is 59.0 cm³/mol. The molecule has 1 heteroatoms. The van der Waals surface area contributed by atoms with Crippen LogP contribution in [0.4, 0.5) is 5.69 Å². The van der Waals surface area contributed by atoms with Gasteiger partial charge in [0.15, 0.2) is 0 Å². The summed E-state index contributed by atoms with van der Waals surface area (Å²) in [6.45, 7) is 8.18. The van der Waals surface area contributed by atoms with E-state index in [9.17, 15) is 0 Å². The van der Waals surface area contributed by atoms with Gasteiger partial charge in [-0.05, 0) is 25.5 Å². The Morgan fingerprint density at radius 3 is 2.46 bits per heavy atom. The number of para-hydroxylation sites is 1. The summed E-state index contributed by atoms with van der Waals surface area (Å²) >= 11 is 0. The second-order valence-corrected chi connectivity index (χ2v) is 3.32. The van der Waals surface area contributed by atoms with Crippen molar-refractivity contribution in [2.75, 3.05) is 5.32 Å². The smallest absolute Gasteiger partial charge is 0.0465 e. The van der Waals surface area contributed by atoms with Gasteiger partial charge in [0.25, 0.3) is 0 Å². The summed E-state index contributed by atoms with van der Waals surface area (Å²) in [4.78, 5) is 0. The van der Waals surface area contributed by atoms with Gasteiger partial charge in [0.2, 0.25) is 0 Å². The average molecular weight is 175 g/mol. The maximum atomic E-state index is 3.96. The fourth-order valence-electron chi connectivity index (χ4n) is 1.31. The van der Waals surface area contributed by atoms with Crippen LogP contribution in [0.3, 0.4) is 0 Å². The Morgan fingerprint density at radius 1 is 1.38 bits per heavy atom. The van der Waals surface area contributed by atoms with Gasteiger partial charge in [-0.25, -0.2) is 0 Å². The van der Waals surface area contributed by atoms with Crippen LogP contribution in [0.25, 0.3) is 0 Å². The Hall–Kier alpha value is -1.24. The second kappa shape index (κ2) is 4.70. The van der Waals surface area contributed by atoms with Crippen molar-refractivity contribution in [1.82, 2.24) is 0 Å². The van der Waals surface area contributed by atoms with Gasteiger partial charge < -0.3 is 5.32 Å². The highest BCUT2D eigenvalue weighted by molar-refractivity contribution is 5.44. The van der Waals surface area contributed by atoms with E-state index in [1.54, 1.807) is 0 Å². The van der Waals surface area contributed by atoms with Crippen LogP contribution >= 0.6 is 0 Å². The number of hydrogen-bond acceptors (Lipinski definition) is 1. The molecule has 0 amide bonds. The lowest BCUT2D eigenvalue weighted by molar-refractivity contribution is 0.791. The third kappa shape index (κ3) is 2.94. The van der Waals surface area contributed by atoms with Crippen LogP contribution in [0.5, 0.6) is 0 Å². The lowest BCUT2D eigenvalue weighted by Crippen LogP contribution is -2.18. The molecule has 0 aliphatic rings. The molecule has 1 rings (SSSR count). The average Bonchev–Trinajstić information content (AvgIpc) is 2.15. The molecule has 0 fully saturated rings. The zero-order valence-electron chi connectivity index (χ0n) is 8.38. The van der Waals surface area contributed by atoms with E-state index in [0.29, 0.717) is 6.04 Å². The van der Waals surface area contributed by atoms with E-state index < -0.39 is 0 Å². The first kappa shape index (κ1) is 9.85. The third-order valence-electron chi connectivity index (χ3n) is 2.12. The first-order valence-electron chi connectivity index (χ1n) is 4.71. The molecule has 1 nitrogen and oxygen atoms in total. The fourth-order valence-corrected chi connectivity index (χ4v) is 1.31.